The number of aromatic nitrogens is 2. The molecule has 0 saturated heterocycles. The summed E-state index contributed by atoms with van der Waals surface area (Å²) in [5, 5.41) is 10.6. The smallest absolute Gasteiger partial charge is 0.269 e. The van der Waals surface area contributed by atoms with Gasteiger partial charge in [0.1, 0.15) is 6.29 Å². The zero-order valence-corrected chi connectivity index (χ0v) is 15.6. The molecule has 26 heavy (non-hydrogen) atoms. The predicted octanol–water partition coefficient (Wildman–Crippen LogP) is 3.04. The molecule has 0 spiro atoms. The molecule has 1 aromatic heterocycles. The van der Waals surface area contributed by atoms with Crippen LogP contribution in [0.25, 0.3) is 0 Å². The molecule has 8 nitrogen and oxygen atoms in total. The Balaban J connectivity index is 2.31. The average Bonchev–Trinajstić information content (AvgIpc) is 2.65. The van der Waals surface area contributed by atoms with Gasteiger partial charge in [0, 0.05) is 17.5 Å². The normalized spacial score (nSPS) is 12.3. The number of carbonyl (C=O) groups excluding carboxylic acids is 1. The second kappa shape index (κ2) is 8.13. The maximum atomic E-state index is 11.8. The fourth-order valence-electron chi connectivity index (χ4n) is 2.28. The maximum absolute atomic E-state index is 11.8. The van der Waals surface area contributed by atoms with Gasteiger partial charge in [-0.05, 0) is 5.56 Å². The number of methoxy groups -OCH3 is 2. The van der Waals surface area contributed by atoms with Crippen molar-refractivity contribution in [3.8, 4) is 11.8 Å². The fourth-order valence-corrected chi connectivity index (χ4v) is 3.28. The zero-order chi connectivity index (χ0) is 19.3. The summed E-state index contributed by atoms with van der Waals surface area (Å²) in [4.78, 5) is 30.6. The van der Waals surface area contributed by atoms with E-state index >= 15 is 0 Å². The molecular weight excluding hydrogens is 358 g/mol. The number of non-ortho nitro benzene ring substituents is 1. The van der Waals surface area contributed by atoms with Gasteiger partial charge in [-0.2, -0.15) is 9.97 Å². The van der Waals surface area contributed by atoms with E-state index in [9.17, 15) is 14.9 Å². The van der Waals surface area contributed by atoms with Crippen LogP contribution < -0.4 is 9.47 Å². The highest BCUT2D eigenvalue weighted by Gasteiger charge is 2.33. The summed E-state index contributed by atoms with van der Waals surface area (Å²) < 4.78 is 10.2. The summed E-state index contributed by atoms with van der Waals surface area (Å²) in [6.45, 7) is 3.77. The van der Waals surface area contributed by atoms with Crippen molar-refractivity contribution in [2.45, 2.75) is 29.7 Å². The lowest BCUT2D eigenvalue weighted by molar-refractivity contribution is -0.384. The Hall–Kier alpha value is -2.68. The first-order chi connectivity index (χ1) is 12.3. The van der Waals surface area contributed by atoms with Crippen LogP contribution in [-0.4, -0.2) is 40.6 Å². The van der Waals surface area contributed by atoms with Crippen LogP contribution in [-0.2, 0) is 10.2 Å². The summed E-state index contributed by atoms with van der Waals surface area (Å²) in [7, 11) is 2.96. The van der Waals surface area contributed by atoms with Gasteiger partial charge in [0.15, 0.2) is 5.16 Å². The maximum Gasteiger partial charge on any atom is 0.269 e. The van der Waals surface area contributed by atoms with E-state index in [-0.39, 0.29) is 5.69 Å². The third-order valence-electron chi connectivity index (χ3n) is 3.97. The molecule has 0 saturated carbocycles. The molecule has 2 rings (SSSR count). The van der Waals surface area contributed by atoms with E-state index < -0.39 is 15.6 Å². The molecule has 1 heterocycles. The largest absolute Gasteiger partial charge is 0.481 e. The van der Waals surface area contributed by atoms with Crippen LogP contribution >= 0.6 is 11.8 Å². The lowest BCUT2D eigenvalue weighted by atomic mass is 9.81. The first-order valence-electron chi connectivity index (χ1n) is 7.65. The first kappa shape index (κ1) is 19.6. The summed E-state index contributed by atoms with van der Waals surface area (Å²) in [6.07, 6.45) is 0.821. The molecule has 9 heteroatoms. The van der Waals surface area contributed by atoms with Gasteiger partial charge < -0.3 is 14.3 Å². The van der Waals surface area contributed by atoms with Gasteiger partial charge >= 0.3 is 0 Å². The quantitative estimate of drug-likeness (QED) is 0.227. The van der Waals surface area contributed by atoms with Gasteiger partial charge in [0.05, 0.1) is 30.5 Å². The third-order valence-corrected chi connectivity index (χ3v) is 5.31. The summed E-state index contributed by atoms with van der Waals surface area (Å²) in [5.41, 5.74) is 0.185. The Kier molecular flexibility index (Phi) is 6.14. The first-order valence-corrected chi connectivity index (χ1v) is 8.53. The van der Waals surface area contributed by atoms with E-state index in [1.807, 2.05) is 13.8 Å². The highest BCUT2D eigenvalue weighted by Crippen LogP contribution is 2.37. The van der Waals surface area contributed by atoms with Crippen molar-refractivity contribution in [2.24, 2.45) is 0 Å². The number of benzene rings is 1. The zero-order valence-electron chi connectivity index (χ0n) is 14.8. The summed E-state index contributed by atoms with van der Waals surface area (Å²) >= 11 is 1.18. The molecule has 138 valence electrons. The molecular formula is C17H19N3O5S. The summed E-state index contributed by atoms with van der Waals surface area (Å²) in [5.74, 6) is 0.661. The van der Waals surface area contributed by atoms with Gasteiger partial charge in [0.2, 0.25) is 11.8 Å². The number of nitrogens with zero attached hydrogens (tertiary/aromatic N) is 3. The van der Waals surface area contributed by atoms with Crippen LogP contribution in [0, 0.1) is 10.1 Å². The minimum Gasteiger partial charge on any atom is -0.481 e. The van der Waals surface area contributed by atoms with Crippen molar-refractivity contribution in [2.75, 3.05) is 14.2 Å². The van der Waals surface area contributed by atoms with Gasteiger partial charge in [-0.3, -0.25) is 10.1 Å². The number of nitro groups is 1. The number of nitro benzene ring substituents is 1. The van der Waals surface area contributed by atoms with E-state index in [0.29, 0.717) is 16.9 Å². The highest BCUT2D eigenvalue weighted by molar-refractivity contribution is 8.00. The molecule has 0 aliphatic rings. The molecule has 0 aliphatic carbocycles. The lowest BCUT2D eigenvalue weighted by Gasteiger charge is -2.30. The highest BCUT2D eigenvalue weighted by atomic mass is 32.2. The van der Waals surface area contributed by atoms with Crippen molar-refractivity contribution in [1.82, 2.24) is 9.97 Å². The van der Waals surface area contributed by atoms with Crippen LogP contribution in [0.2, 0.25) is 0 Å². The van der Waals surface area contributed by atoms with Crippen LogP contribution in [0.1, 0.15) is 19.4 Å². The van der Waals surface area contributed by atoms with Gasteiger partial charge in [-0.25, -0.2) is 0 Å². The van der Waals surface area contributed by atoms with Crippen molar-refractivity contribution >= 4 is 23.7 Å². The standard InChI is InChI=1S/C17H19N3O5S/c1-17(2,11-5-7-12(8-6-11)20(22)23)13(10-21)26-16-18-14(24-3)9-15(19-16)25-4/h5-10,13H,1-4H3. The monoisotopic (exact) mass is 377 g/mol. The lowest BCUT2D eigenvalue weighted by Crippen LogP contribution is -2.32. The van der Waals surface area contributed by atoms with E-state index in [4.69, 9.17) is 9.47 Å². The number of aldehydes is 1. The molecule has 0 bridgehead atoms. The number of hydrogen-bond donors (Lipinski definition) is 0. The van der Waals surface area contributed by atoms with Gasteiger partial charge in [0.25, 0.3) is 5.69 Å². The van der Waals surface area contributed by atoms with Crippen molar-refractivity contribution in [3.05, 3.63) is 46.0 Å². The number of ether oxygens (including phenoxy) is 2. The van der Waals surface area contributed by atoms with Crippen molar-refractivity contribution in [3.63, 3.8) is 0 Å². The minimum absolute atomic E-state index is 0.000668. The van der Waals surface area contributed by atoms with E-state index in [0.717, 1.165) is 11.8 Å². The molecule has 0 aliphatic heterocycles. The number of hydrogen-bond acceptors (Lipinski definition) is 8. The number of carbonyl (C=O) groups is 1. The van der Waals surface area contributed by atoms with Crippen LogP contribution in [0.5, 0.6) is 11.8 Å². The molecule has 2 aromatic rings. The molecule has 0 N–H and O–H groups in total. The second-order valence-electron chi connectivity index (χ2n) is 5.94. The Morgan fingerprint density at radius 1 is 1.15 bits per heavy atom. The van der Waals surface area contributed by atoms with E-state index in [1.54, 1.807) is 18.2 Å². The molecule has 1 aromatic carbocycles. The molecule has 1 atom stereocenters. The van der Waals surface area contributed by atoms with Crippen LogP contribution in [0.15, 0.2) is 35.5 Å². The molecule has 0 fully saturated rings. The minimum atomic E-state index is -0.610. The Morgan fingerprint density at radius 3 is 2.12 bits per heavy atom. The Bertz CT molecular complexity index is 773. The average molecular weight is 377 g/mol. The molecule has 0 radical (unpaired) electrons. The number of thioether (sulfide) groups is 1. The van der Waals surface area contributed by atoms with Crippen molar-refractivity contribution in [1.29, 1.82) is 0 Å². The molecule has 1 unspecified atom stereocenters. The molecule has 0 amide bonds. The predicted molar refractivity (Wildman–Crippen MR) is 97.0 cm³/mol. The van der Waals surface area contributed by atoms with Gasteiger partial charge in [-0.1, -0.05) is 37.7 Å². The number of rotatable bonds is 8. The Labute approximate surface area is 155 Å². The Morgan fingerprint density at radius 2 is 1.69 bits per heavy atom. The van der Waals surface area contributed by atoms with E-state index in [2.05, 4.69) is 9.97 Å². The SMILES string of the molecule is COc1cc(OC)nc(SC(C=O)C(C)(C)c2ccc([N+](=O)[O-])cc2)n1. The third kappa shape index (κ3) is 4.29. The fraction of sp³-hybridized carbons (Fsp3) is 0.353. The van der Waals surface area contributed by atoms with Gasteiger partial charge in [-0.15, -0.1) is 0 Å². The van der Waals surface area contributed by atoms with Crippen LogP contribution in [0.3, 0.4) is 0 Å². The van der Waals surface area contributed by atoms with E-state index in [1.165, 1.54) is 38.1 Å². The summed E-state index contributed by atoms with van der Waals surface area (Å²) in [6, 6.07) is 7.70. The van der Waals surface area contributed by atoms with Crippen LogP contribution in [0.4, 0.5) is 5.69 Å². The topological polar surface area (TPSA) is 104 Å². The second-order valence-corrected chi connectivity index (χ2v) is 7.04. The van der Waals surface area contributed by atoms with Crippen molar-refractivity contribution < 1.29 is 19.2 Å².